The van der Waals surface area contributed by atoms with E-state index in [9.17, 15) is 4.79 Å². The highest BCUT2D eigenvalue weighted by Gasteiger charge is 2.25. The van der Waals surface area contributed by atoms with Crippen LogP contribution in [0.15, 0.2) is 29.9 Å². The number of hydrogen-bond acceptors (Lipinski definition) is 5. The highest BCUT2D eigenvalue weighted by molar-refractivity contribution is 7.12. The van der Waals surface area contributed by atoms with E-state index in [0.717, 1.165) is 24.0 Å². The molecule has 0 atom stereocenters. The van der Waals surface area contributed by atoms with Crippen LogP contribution in [0.4, 0.5) is 0 Å². The zero-order valence-corrected chi connectivity index (χ0v) is 14.4. The molecule has 0 spiro atoms. The number of aromatic nitrogens is 1. The Morgan fingerprint density at radius 3 is 2.74 bits per heavy atom. The molecule has 2 aromatic rings. The molecule has 1 aliphatic carbocycles. The van der Waals surface area contributed by atoms with Gasteiger partial charge >= 0.3 is 5.97 Å². The summed E-state index contributed by atoms with van der Waals surface area (Å²) in [7, 11) is 3.47. The summed E-state index contributed by atoms with van der Waals surface area (Å²) in [5.41, 5.74) is 3.34. The summed E-state index contributed by atoms with van der Waals surface area (Å²) in [6, 6.07) is 4.65. The van der Waals surface area contributed by atoms with Crippen molar-refractivity contribution in [1.29, 1.82) is 0 Å². The molecule has 0 amide bonds. The van der Waals surface area contributed by atoms with E-state index in [1.54, 1.807) is 6.20 Å². The summed E-state index contributed by atoms with van der Waals surface area (Å²) in [6.45, 7) is 0. The minimum Gasteiger partial charge on any atom is -0.465 e. The number of nitrogens with zero attached hydrogens (tertiary/aromatic N) is 1. The van der Waals surface area contributed by atoms with Crippen LogP contribution < -0.4 is 5.32 Å². The third-order valence-electron chi connectivity index (χ3n) is 4.75. The van der Waals surface area contributed by atoms with Crippen molar-refractivity contribution < 1.29 is 9.53 Å². The van der Waals surface area contributed by atoms with Gasteiger partial charge in [-0.1, -0.05) is 0 Å². The number of ether oxygens (including phenoxy) is 1. The number of rotatable bonds is 4. The van der Waals surface area contributed by atoms with Crippen molar-refractivity contribution >= 4 is 17.3 Å². The Morgan fingerprint density at radius 2 is 2.04 bits per heavy atom. The standard InChI is InChI=1S/C18H22N2O2S/c1-19-13-5-3-12(4-6-13)16-11-20-9-7-14(16)15-8-10-23-17(15)18(21)22-2/h7-13,19H,3-6H2,1-2H3. The topological polar surface area (TPSA) is 51.2 Å². The van der Waals surface area contributed by atoms with Crippen molar-refractivity contribution in [3.05, 3.63) is 40.3 Å². The van der Waals surface area contributed by atoms with E-state index in [1.165, 1.54) is 36.9 Å². The van der Waals surface area contributed by atoms with Crippen molar-refractivity contribution in [2.24, 2.45) is 0 Å². The van der Waals surface area contributed by atoms with Gasteiger partial charge in [0, 0.05) is 24.0 Å². The molecule has 0 aromatic carbocycles. The maximum atomic E-state index is 12.0. The fraction of sp³-hybridized carbons (Fsp3) is 0.444. The molecule has 23 heavy (non-hydrogen) atoms. The van der Waals surface area contributed by atoms with Crippen molar-refractivity contribution in [1.82, 2.24) is 10.3 Å². The zero-order chi connectivity index (χ0) is 16.2. The number of methoxy groups -OCH3 is 1. The smallest absolute Gasteiger partial charge is 0.348 e. The van der Waals surface area contributed by atoms with Crippen LogP contribution in [0.1, 0.15) is 46.8 Å². The maximum Gasteiger partial charge on any atom is 0.348 e. The Morgan fingerprint density at radius 1 is 1.26 bits per heavy atom. The molecule has 4 nitrogen and oxygen atoms in total. The lowest BCUT2D eigenvalue weighted by Crippen LogP contribution is -2.29. The highest BCUT2D eigenvalue weighted by atomic mass is 32.1. The summed E-state index contributed by atoms with van der Waals surface area (Å²) in [6.07, 6.45) is 8.45. The fourth-order valence-corrected chi connectivity index (χ4v) is 4.27. The molecule has 0 saturated heterocycles. The quantitative estimate of drug-likeness (QED) is 0.865. The second kappa shape index (κ2) is 7.23. The van der Waals surface area contributed by atoms with E-state index in [0.29, 0.717) is 16.8 Å². The minimum atomic E-state index is -0.267. The Labute approximate surface area is 140 Å². The number of carbonyl (C=O) groups excluding carboxylic acids is 1. The van der Waals surface area contributed by atoms with Gasteiger partial charge in [0.2, 0.25) is 0 Å². The monoisotopic (exact) mass is 330 g/mol. The van der Waals surface area contributed by atoms with E-state index in [4.69, 9.17) is 4.74 Å². The first-order chi connectivity index (χ1) is 11.2. The number of carbonyl (C=O) groups is 1. The summed E-state index contributed by atoms with van der Waals surface area (Å²) in [4.78, 5) is 17.0. The predicted octanol–water partition coefficient (Wildman–Crippen LogP) is 3.84. The molecule has 122 valence electrons. The van der Waals surface area contributed by atoms with Crippen LogP contribution in [0.3, 0.4) is 0 Å². The van der Waals surface area contributed by atoms with Crippen LogP contribution in [0.2, 0.25) is 0 Å². The molecule has 1 N–H and O–H groups in total. The summed E-state index contributed by atoms with van der Waals surface area (Å²) in [5, 5.41) is 5.32. The van der Waals surface area contributed by atoms with Gasteiger partial charge in [-0.3, -0.25) is 4.98 Å². The molecule has 2 heterocycles. The summed E-state index contributed by atoms with van der Waals surface area (Å²) < 4.78 is 4.92. The van der Waals surface area contributed by atoms with Crippen LogP contribution in [-0.2, 0) is 4.74 Å². The van der Waals surface area contributed by atoms with Gasteiger partial charge in [0.15, 0.2) is 0 Å². The van der Waals surface area contributed by atoms with Gasteiger partial charge < -0.3 is 10.1 Å². The molecular weight excluding hydrogens is 308 g/mol. The second-order valence-electron chi connectivity index (χ2n) is 5.96. The Kier molecular flexibility index (Phi) is 5.08. The fourth-order valence-electron chi connectivity index (χ4n) is 3.44. The molecular formula is C18H22N2O2S. The van der Waals surface area contributed by atoms with Crippen LogP contribution in [0.5, 0.6) is 0 Å². The second-order valence-corrected chi connectivity index (χ2v) is 6.87. The molecule has 0 aliphatic heterocycles. The van der Waals surface area contributed by atoms with Crippen LogP contribution in [0.25, 0.3) is 11.1 Å². The molecule has 0 unspecified atom stereocenters. The first-order valence-electron chi connectivity index (χ1n) is 8.02. The van der Waals surface area contributed by atoms with E-state index in [2.05, 4.69) is 10.3 Å². The van der Waals surface area contributed by atoms with Gasteiger partial charge in [0.1, 0.15) is 4.88 Å². The normalized spacial score (nSPS) is 21.1. The average Bonchev–Trinajstić information content (AvgIpc) is 3.10. The van der Waals surface area contributed by atoms with Crippen molar-refractivity contribution in [2.45, 2.75) is 37.6 Å². The van der Waals surface area contributed by atoms with Gasteiger partial charge in [-0.2, -0.15) is 0 Å². The number of nitrogens with one attached hydrogen (secondary N) is 1. The Balaban J connectivity index is 1.93. The summed E-state index contributed by atoms with van der Waals surface area (Å²) >= 11 is 1.43. The van der Waals surface area contributed by atoms with E-state index >= 15 is 0 Å². The first-order valence-corrected chi connectivity index (χ1v) is 8.90. The number of hydrogen-bond donors (Lipinski definition) is 1. The number of thiophene rings is 1. The predicted molar refractivity (Wildman–Crippen MR) is 92.9 cm³/mol. The third-order valence-corrected chi connectivity index (χ3v) is 5.65. The molecule has 1 aliphatic rings. The van der Waals surface area contributed by atoms with Crippen LogP contribution in [0, 0.1) is 0 Å². The number of esters is 1. The molecule has 1 fully saturated rings. The maximum absolute atomic E-state index is 12.0. The van der Waals surface area contributed by atoms with Crippen LogP contribution >= 0.6 is 11.3 Å². The van der Waals surface area contributed by atoms with Gasteiger partial charge in [-0.25, -0.2) is 4.79 Å². The molecule has 0 radical (unpaired) electrons. The highest BCUT2D eigenvalue weighted by Crippen LogP contribution is 2.39. The Hall–Kier alpha value is -1.72. The van der Waals surface area contributed by atoms with Gasteiger partial charge in [0.25, 0.3) is 0 Å². The van der Waals surface area contributed by atoms with Gasteiger partial charge in [-0.15, -0.1) is 11.3 Å². The van der Waals surface area contributed by atoms with Gasteiger partial charge in [0.05, 0.1) is 7.11 Å². The molecule has 5 heteroatoms. The van der Waals surface area contributed by atoms with E-state index in [-0.39, 0.29) is 5.97 Å². The summed E-state index contributed by atoms with van der Waals surface area (Å²) in [5.74, 6) is 0.241. The van der Waals surface area contributed by atoms with E-state index < -0.39 is 0 Å². The minimum absolute atomic E-state index is 0.267. The SMILES string of the molecule is CNC1CCC(c2cnccc2-c2ccsc2C(=O)OC)CC1. The van der Waals surface area contributed by atoms with Crippen molar-refractivity contribution in [3.63, 3.8) is 0 Å². The average molecular weight is 330 g/mol. The molecule has 3 rings (SSSR count). The van der Waals surface area contributed by atoms with Crippen LogP contribution in [-0.4, -0.2) is 31.2 Å². The largest absolute Gasteiger partial charge is 0.465 e. The molecule has 1 saturated carbocycles. The van der Waals surface area contributed by atoms with Crippen molar-refractivity contribution in [3.8, 4) is 11.1 Å². The molecule has 2 aromatic heterocycles. The van der Waals surface area contributed by atoms with Gasteiger partial charge in [-0.05, 0) is 67.3 Å². The third kappa shape index (κ3) is 3.31. The van der Waals surface area contributed by atoms with Crippen molar-refractivity contribution in [2.75, 3.05) is 14.2 Å². The lowest BCUT2D eigenvalue weighted by molar-refractivity contribution is 0.0607. The zero-order valence-electron chi connectivity index (χ0n) is 13.5. The molecule has 0 bridgehead atoms. The Bertz CT molecular complexity index is 675. The lowest BCUT2D eigenvalue weighted by atomic mass is 9.80. The lowest BCUT2D eigenvalue weighted by Gasteiger charge is -2.29. The number of pyridine rings is 1. The first kappa shape index (κ1) is 16.1. The van der Waals surface area contributed by atoms with E-state index in [1.807, 2.05) is 30.8 Å².